The van der Waals surface area contributed by atoms with E-state index in [0.717, 1.165) is 72.1 Å². The number of aromatic nitrogens is 3. The van der Waals surface area contributed by atoms with Gasteiger partial charge >= 0.3 is 0 Å². The van der Waals surface area contributed by atoms with E-state index in [4.69, 9.17) is 17.1 Å². The van der Waals surface area contributed by atoms with Crippen molar-refractivity contribution < 1.29 is 27.3 Å². The van der Waals surface area contributed by atoms with Gasteiger partial charge in [0.2, 0.25) is 0 Å². The summed E-state index contributed by atoms with van der Waals surface area (Å²) in [6.45, 7) is 23.9. The Bertz CT molecular complexity index is 2760. The molecule has 0 saturated carbocycles. The van der Waals surface area contributed by atoms with Crippen molar-refractivity contribution in [2.75, 3.05) is 0 Å². The van der Waals surface area contributed by atoms with Crippen LogP contribution in [0.25, 0.3) is 61.3 Å². The molecule has 0 aliphatic rings. The molecule has 0 spiro atoms. The summed E-state index contributed by atoms with van der Waals surface area (Å²) in [6.07, 6.45) is 0.531. The summed E-state index contributed by atoms with van der Waals surface area (Å²) in [6, 6.07) is 43.9. The van der Waals surface area contributed by atoms with E-state index in [0.29, 0.717) is 0 Å². The standard InChI is InChI=1S/C29H23N2O.C22H32NSi.Ir/c1-29(2,3)22-14-5-7-16-24(22)31-25-17-8-6-15-23(25)30-28(31)21-13-10-12-20-19-11-4-9-18-26(19)32-27(20)21;1-16(2)12-18-14-20(23-15-21(18)24(6,7)8)17-10-9-11-19(13-17)22(3,4)5;/h4-12,14-18H,1-3H3;9,11,13-16H,12H2,1-8H3;/q2*-1;/i;12D2;. The van der Waals surface area contributed by atoms with Crippen LogP contribution in [0.2, 0.25) is 19.6 Å². The summed E-state index contributed by atoms with van der Waals surface area (Å²) in [5.74, 6) is 0.741. The first-order valence-electron chi connectivity index (χ1n) is 20.7. The van der Waals surface area contributed by atoms with E-state index in [2.05, 4.69) is 145 Å². The van der Waals surface area contributed by atoms with Crippen molar-refractivity contribution in [1.29, 1.82) is 0 Å². The van der Waals surface area contributed by atoms with Crippen molar-refractivity contribution in [1.82, 2.24) is 14.5 Å². The second-order valence-corrected chi connectivity index (χ2v) is 23.2. The fourth-order valence-electron chi connectivity index (χ4n) is 7.31. The van der Waals surface area contributed by atoms with Crippen LogP contribution in [0.4, 0.5) is 0 Å². The van der Waals surface area contributed by atoms with Crippen LogP contribution in [0, 0.1) is 18.1 Å². The van der Waals surface area contributed by atoms with Crippen LogP contribution < -0.4 is 5.19 Å². The number of hydrogen-bond donors (Lipinski definition) is 0. The van der Waals surface area contributed by atoms with Crippen LogP contribution in [0.5, 0.6) is 0 Å². The molecule has 1 radical (unpaired) electrons. The van der Waals surface area contributed by atoms with Crippen molar-refractivity contribution in [3.8, 4) is 28.3 Å². The van der Waals surface area contributed by atoms with Crippen molar-refractivity contribution in [2.24, 2.45) is 5.92 Å². The van der Waals surface area contributed by atoms with Crippen molar-refractivity contribution in [3.63, 3.8) is 0 Å². The van der Waals surface area contributed by atoms with Crippen LogP contribution in [0.1, 0.15) is 74.8 Å². The van der Waals surface area contributed by atoms with Crippen LogP contribution in [-0.2, 0) is 37.3 Å². The van der Waals surface area contributed by atoms with Gasteiger partial charge in [-0.25, -0.2) is 0 Å². The Hall–Kier alpha value is -4.61. The van der Waals surface area contributed by atoms with Gasteiger partial charge in [0, 0.05) is 40.1 Å². The molecule has 8 aromatic rings. The molecule has 57 heavy (non-hydrogen) atoms. The Labute approximate surface area is 357 Å². The van der Waals surface area contributed by atoms with Gasteiger partial charge in [-0.3, -0.25) is 4.98 Å². The molecule has 6 heteroatoms. The van der Waals surface area contributed by atoms with Gasteiger partial charge in [-0.05, 0) is 63.8 Å². The van der Waals surface area contributed by atoms with E-state index in [1.54, 1.807) is 0 Å². The topological polar surface area (TPSA) is 43.9 Å². The predicted molar refractivity (Wildman–Crippen MR) is 240 cm³/mol. The molecule has 0 aliphatic heterocycles. The summed E-state index contributed by atoms with van der Waals surface area (Å²) in [5.41, 5.74) is 10.8. The van der Waals surface area contributed by atoms with Gasteiger partial charge in [-0.1, -0.05) is 146 Å². The predicted octanol–water partition coefficient (Wildman–Crippen LogP) is 13.3. The minimum absolute atomic E-state index is 0. The van der Waals surface area contributed by atoms with E-state index in [1.807, 2.05) is 62.5 Å². The summed E-state index contributed by atoms with van der Waals surface area (Å²) >= 11 is 0. The maximum Gasteiger partial charge on any atom is 0.120 e. The Kier molecular flexibility index (Phi) is 11.2. The van der Waals surface area contributed by atoms with E-state index < -0.39 is 14.4 Å². The Morgan fingerprint density at radius 2 is 1.47 bits per heavy atom. The number of benzene rings is 5. The zero-order valence-corrected chi connectivity index (χ0v) is 38.5. The molecule has 3 heterocycles. The summed E-state index contributed by atoms with van der Waals surface area (Å²) < 4.78 is 26.0. The van der Waals surface area contributed by atoms with E-state index >= 15 is 0 Å². The Morgan fingerprint density at radius 3 is 2.19 bits per heavy atom. The van der Waals surface area contributed by atoms with E-state index in [9.17, 15) is 0 Å². The minimum Gasteiger partial charge on any atom is -0.501 e. The zero-order chi connectivity index (χ0) is 41.8. The molecule has 0 atom stereocenters. The molecule has 0 saturated heterocycles. The van der Waals surface area contributed by atoms with Crippen LogP contribution >= 0.6 is 0 Å². The quantitative estimate of drug-likeness (QED) is 0.123. The van der Waals surface area contributed by atoms with Gasteiger partial charge < -0.3 is 14.0 Å². The second-order valence-electron chi connectivity index (χ2n) is 18.1. The molecule has 0 unspecified atom stereocenters. The van der Waals surface area contributed by atoms with E-state index in [-0.39, 0.29) is 36.9 Å². The number of hydrogen-bond acceptors (Lipinski definition) is 3. The van der Waals surface area contributed by atoms with Gasteiger partial charge in [-0.15, -0.1) is 53.6 Å². The fraction of sp³-hybridized carbons (Fsp3) is 0.294. The monoisotopic (exact) mass is 948 g/mol. The molecule has 295 valence electrons. The van der Waals surface area contributed by atoms with E-state index in [1.165, 1.54) is 11.1 Å². The Morgan fingerprint density at radius 1 is 0.789 bits per heavy atom. The zero-order valence-electron chi connectivity index (χ0n) is 37.1. The number of fused-ring (bicyclic) bond motifs is 4. The fourth-order valence-corrected chi connectivity index (χ4v) is 8.71. The molecule has 8 rings (SSSR count). The van der Waals surface area contributed by atoms with Crippen LogP contribution in [0.3, 0.4) is 0 Å². The molecule has 0 bridgehead atoms. The molecule has 4 nitrogen and oxygen atoms in total. The number of para-hydroxylation sites is 4. The van der Waals surface area contributed by atoms with Gasteiger partial charge in [0.15, 0.2) is 0 Å². The normalized spacial score (nSPS) is 13.0. The largest absolute Gasteiger partial charge is 0.501 e. The molecular weight excluding hydrogens is 891 g/mol. The molecule has 5 aromatic carbocycles. The number of pyridine rings is 1. The van der Waals surface area contributed by atoms with Crippen molar-refractivity contribution in [2.45, 2.75) is 92.2 Å². The van der Waals surface area contributed by atoms with Crippen LogP contribution in [-0.4, -0.2) is 22.6 Å². The SMILES string of the molecule is CC(C)(C)c1ccccc1-n1c(-c2[c-]ccc3c2oc2ccccc23)nc2ccccc21.[2H]C([2H])(c1cc(-c2[c-]ccc(C(C)(C)C)c2)ncc1[Si](C)(C)C)C(C)C.[Ir]. The molecule has 0 aliphatic carbocycles. The van der Waals surface area contributed by atoms with Gasteiger partial charge in [0.05, 0.1) is 30.5 Å². The number of furan rings is 1. The second kappa shape index (κ2) is 16.3. The maximum atomic E-state index is 8.69. The molecule has 0 amide bonds. The minimum atomic E-state index is -1.71. The van der Waals surface area contributed by atoms with Gasteiger partial charge in [0.1, 0.15) is 5.58 Å². The molecule has 0 N–H and O–H groups in total. The van der Waals surface area contributed by atoms with Crippen LogP contribution in [0.15, 0.2) is 120 Å². The summed E-state index contributed by atoms with van der Waals surface area (Å²) in [4.78, 5) is 9.78. The maximum absolute atomic E-state index is 8.69. The average molecular weight is 948 g/mol. The van der Waals surface area contributed by atoms with Crippen molar-refractivity contribution in [3.05, 3.63) is 144 Å². The number of imidazole rings is 1. The molecular formula is C51H55IrN3OSi-2. The third-order valence-electron chi connectivity index (χ3n) is 10.2. The third kappa shape index (κ3) is 8.79. The number of rotatable bonds is 6. The molecule has 3 aromatic heterocycles. The van der Waals surface area contributed by atoms with Crippen molar-refractivity contribution >= 4 is 46.2 Å². The first-order chi connectivity index (χ1) is 27.3. The first-order valence-corrected chi connectivity index (χ1v) is 23.2. The summed E-state index contributed by atoms with van der Waals surface area (Å²) in [7, 11) is -1.71. The average Bonchev–Trinajstić information content (AvgIpc) is 3.76. The Balaban J connectivity index is 0.000000200. The van der Waals surface area contributed by atoms with Gasteiger partial charge in [-0.2, -0.15) is 0 Å². The smallest absolute Gasteiger partial charge is 0.120 e. The third-order valence-corrected chi connectivity index (χ3v) is 12.2. The first kappa shape index (κ1) is 39.2. The number of nitrogens with zero attached hydrogens (tertiary/aromatic N) is 3. The van der Waals surface area contributed by atoms with Gasteiger partial charge in [0.25, 0.3) is 0 Å². The summed E-state index contributed by atoms with van der Waals surface area (Å²) in [5, 5.41) is 3.29. The molecule has 0 fully saturated rings.